The summed E-state index contributed by atoms with van der Waals surface area (Å²) in [6.07, 6.45) is 7.97. The van der Waals surface area contributed by atoms with Crippen molar-refractivity contribution in [3.8, 4) is 0 Å². The zero-order chi connectivity index (χ0) is 15.1. The van der Waals surface area contributed by atoms with E-state index >= 15 is 0 Å². The number of piperazine rings is 1. The number of esters is 1. The second-order valence-corrected chi connectivity index (χ2v) is 5.83. The van der Waals surface area contributed by atoms with Crippen molar-refractivity contribution in [1.29, 1.82) is 0 Å². The Kier molecular flexibility index (Phi) is 6.23. The van der Waals surface area contributed by atoms with Crippen LogP contribution in [-0.2, 0) is 14.3 Å². The highest BCUT2D eigenvalue weighted by atomic mass is 16.5. The Hall–Kier alpha value is -1.36. The van der Waals surface area contributed by atoms with Crippen molar-refractivity contribution in [3.05, 3.63) is 11.6 Å². The number of ether oxygens (including phenoxy) is 1. The third-order valence-electron chi connectivity index (χ3n) is 4.35. The zero-order valence-corrected chi connectivity index (χ0v) is 13.0. The molecule has 0 aromatic heterocycles. The van der Waals surface area contributed by atoms with Crippen LogP contribution in [0.1, 0.15) is 38.5 Å². The largest absolute Gasteiger partial charge is 0.469 e. The van der Waals surface area contributed by atoms with Crippen LogP contribution in [0.25, 0.3) is 0 Å². The Morgan fingerprint density at radius 2 is 1.95 bits per heavy atom. The molecule has 1 amide bonds. The fourth-order valence-electron chi connectivity index (χ4n) is 2.94. The molecule has 1 fully saturated rings. The van der Waals surface area contributed by atoms with E-state index in [0.29, 0.717) is 12.8 Å². The smallest absolute Gasteiger partial charge is 0.306 e. The lowest BCUT2D eigenvalue weighted by Crippen LogP contribution is -2.49. The molecule has 0 radical (unpaired) electrons. The average Bonchev–Trinajstić information content (AvgIpc) is 2.54. The highest BCUT2D eigenvalue weighted by molar-refractivity contribution is 5.78. The highest BCUT2D eigenvalue weighted by Gasteiger charge is 2.22. The molecule has 0 bridgehead atoms. The Morgan fingerprint density at radius 1 is 1.19 bits per heavy atom. The number of nitrogens with zero attached hydrogens (tertiary/aromatic N) is 2. The SMILES string of the molecule is COC(=O)CCN1CCN(C(=O)CC2=CCCCC2)CC1. The molecule has 21 heavy (non-hydrogen) atoms. The second-order valence-electron chi connectivity index (χ2n) is 5.83. The predicted molar refractivity (Wildman–Crippen MR) is 80.8 cm³/mol. The molecule has 0 N–H and O–H groups in total. The van der Waals surface area contributed by atoms with Gasteiger partial charge in [0.05, 0.1) is 13.5 Å². The fraction of sp³-hybridized carbons (Fsp3) is 0.750. The zero-order valence-electron chi connectivity index (χ0n) is 13.0. The van der Waals surface area contributed by atoms with E-state index in [0.717, 1.165) is 45.6 Å². The van der Waals surface area contributed by atoms with Crippen LogP contribution in [0, 0.1) is 0 Å². The number of methoxy groups -OCH3 is 1. The van der Waals surface area contributed by atoms with Gasteiger partial charge in [0.15, 0.2) is 0 Å². The van der Waals surface area contributed by atoms with Gasteiger partial charge in [0.2, 0.25) is 5.91 Å². The lowest BCUT2D eigenvalue weighted by atomic mass is 9.97. The van der Waals surface area contributed by atoms with Gasteiger partial charge in [-0.25, -0.2) is 0 Å². The highest BCUT2D eigenvalue weighted by Crippen LogP contribution is 2.21. The Morgan fingerprint density at radius 3 is 2.57 bits per heavy atom. The number of hydrogen-bond acceptors (Lipinski definition) is 4. The van der Waals surface area contributed by atoms with E-state index < -0.39 is 0 Å². The fourth-order valence-corrected chi connectivity index (χ4v) is 2.94. The molecule has 0 unspecified atom stereocenters. The van der Waals surface area contributed by atoms with E-state index in [-0.39, 0.29) is 11.9 Å². The maximum Gasteiger partial charge on any atom is 0.306 e. The van der Waals surface area contributed by atoms with Crippen molar-refractivity contribution in [2.45, 2.75) is 38.5 Å². The Balaban J connectivity index is 1.69. The summed E-state index contributed by atoms with van der Waals surface area (Å²) in [6, 6.07) is 0. The molecule has 5 heteroatoms. The molecule has 0 aromatic carbocycles. The maximum atomic E-state index is 12.3. The van der Waals surface area contributed by atoms with Crippen molar-refractivity contribution >= 4 is 11.9 Å². The quantitative estimate of drug-likeness (QED) is 0.571. The van der Waals surface area contributed by atoms with Crippen LogP contribution >= 0.6 is 0 Å². The van der Waals surface area contributed by atoms with E-state index in [1.54, 1.807) is 0 Å². The monoisotopic (exact) mass is 294 g/mol. The number of carbonyl (C=O) groups is 2. The first-order valence-electron chi connectivity index (χ1n) is 7.94. The molecule has 2 rings (SSSR count). The molecule has 0 atom stereocenters. The van der Waals surface area contributed by atoms with Crippen LogP contribution in [0.3, 0.4) is 0 Å². The van der Waals surface area contributed by atoms with Gasteiger partial charge in [-0.05, 0) is 25.7 Å². The molecule has 1 aliphatic carbocycles. The van der Waals surface area contributed by atoms with Crippen molar-refractivity contribution in [2.75, 3.05) is 39.8 Å². The topological polar surface area (TPSA) is 49.9 Å². The minimum atomic E-state index is -0.169. The van der Waals surface area contributed by atoms with Gasteiger partial charge in [-0.15, -0.1) is 0 Å². The van der Waals surface area contributed by atoms with Crippen LogP contribution < -0.4 is 0 Å². The van der Waals surface area contributed by atoms with Crippen LogP contribution in [-0.4, -0.2) is 61.5 Å². The van der Waals surface area contributed by atoms with Gasteiger partial charge in [-0.1, -0.05) is 11.6 Å². The molecule has 0 saturated carbocycles. The van der Waals surface area contributed by atoms with Crippen LogP contribution in [0.4, 0.5) is 0 Å². The average molecular weight is 294 g/mol. The number of allylic oxidation sites excluding steroid dienone is 1. The third-order valence-corrected chi connectivity index (χ3v) is 4.35. The first kappa shape index (κ1) is 16.0. The van der Waals surface area contributed by atoms with E-state index in [2.05, 4.69) is 15.7 Å². The normalized spacial score (nSPS) is 20.0. The van der Waals surface area contributed by atoms with Gasteiger partial charge < -0.3 is 9.64 Å². The van der Waals surface area contributed by atoms with E-state index in [4.69, 9.17) is 0 Å². The van der Waals surface area contributed by atoms with Gasteiger partial charge in [0, 0.05) is 39.1 Å². The minimum Gasteiger partial charge on any atom is -0.469 e. The summed E-state index contributed by atoms with van der Waals surface area (Å²) in [7, 11) is 1.42. The standard InChI is InChI=1S/C16H26N2O3/c1-21-16(20)7-8-17-9-11-18(12-10-17)15(19)13-14-5-3-2-4-6-14/h5H,2-4,6-13H2,1H3. The molecular formula is C16H26N2O3. The summed E-state index contributed by atoms with van der Waals surface area (Å²) >= 11 is 0. The predicted octanol–water partition coefficient (Wildman–Crippen LogP) is 1.58. The van der Waals surface area contributed by atoms with Crippen molar-refractivity contribution < 1.29 is 14.3 Å². The molecule has 1 heterocycles. The number of carbonyl (C=O) groups excluding carboxylic acids is 2. The molecule has 5 nitrogen and oxygen atoms in total. The molecule has 1 saturated heterocycles. The van der Waals surface area contributed by atoms with Gasteiger partial charge in [-0.3, -0.25) is 14.5 Å². The van der Waals surface area contributed by atoms with E-state index in [1.807, 2.05) is 4.90 Å². The number of hydrogen-bond donors (Lipinski definition) is 0. The van der Waals surface area contributed by atoms with Gasteiger partial charge in [0.25, 0.3) is 0 Å². The lowest BCUT2D eigenvalue weighted by Gasteiger charge is -2.34. The molecule has 0 aromatic rings. The minimum absolute atomic E-state index is 0.169. The summed E-state index contributed by atoms with van der Waals surface area (Å²) in [6.45, 7) is 3.96. The second kappa shape index (κ2) is 8.17. The summed E-state index contributed by atoms with van der Waals surface area (Å²) in [5.41, 5.74) is 1.32. The van der Waals surface area contributed by atoms with Gasteiger partial charge in [-0.2, -0.15) is 0 Å². The van der Waals surface area contributed by atoms with Crippen LogP contribution in [0.15, 0.2) is 11.6 Å². The van der Waals surface area contributed by atoms with E-state index in [9.17, 15) is 9.59 Å². The van der Waals surface area contributed by atoms with Crippen molar-refractivity contribution in [3.63, 3.8) is 0 Å². The molecular weight excluding hydrogens is 268 g/mol. The summed E-state index contributed by atoms with van der Waals surface area (Å²) in [4.78, 5) is 27.6. The molecule has 2 aliphatic rings. The van der Waals surface area contributed by atoms with Gasteiger partial charge in [0.1, 0.15) is 0 Å². The van der Waals surface area contributed by atoms with Crippen molar-refractivity contribution in [2.24, 2.45) is 0 Å². The Bertz CT molecular complexity index is 398. The van der Waals surface area contributed by atoms with E-state index in [1.165, 1.54) is 25.5 Å². The molecule has 1 aliphatic heterocycles. The third kappa shape index (κ3) is 5.16. The molecule has 118 valence electrons. The van der Waals surface area contributed by atoms with Crippen LogP contribution in [0.2, 0.25) is 0 Å². The summed E-state index contributed by atoms with van der Waals surface area (Å²) in [5.74, 6) is 0.0912. The lowest BCUT2D eigenvalue weighted by molar-refractivity contribution is -0.141. The first-order chi connectivity index (χ1) is 10.2. The summed E-state index contributed by atoms with van der Waals surface area (Å²) in [5, 5.41) is 0. The summed E-state index contributed by atoms with van der Waals surface area (Å²) < 4.78 is 4.65. The van der Waals surface area contributed by atoms with Gasteiger partial charge >= 0.3 is 5.97 Å². The maximum absolute atomic E-state index is 12.3. The molecule has 0 spiro atoms. The number of rotatable bonds is 5. The Labute approximate surface area is 126 Å². The van der Waals surface area contributed by atoms with Crippen LogP contribution in [0.5, 0.6) is 0 Å². The first-order valence-corrected chi connectivity index (χ1v) is 7.94. The number of amides is 1. The van der Waals surface area contributed by atoms with Crippen molar-refractivity contribution in [1.82, 2.24) is 9.80 Å².